The SMILES string of the molecule is CCC(CCCl)NC(=O)c1cccc(Br)c1F. The lowest BCUT2D eigenvalue weighted by Crippen LogP contribution is -2.35. The van der Waals surface area contributed by atoms with Crippen LogP contribution in [0.2, 0.25) is 0 Å². The third kappa shape index (κ3) is 3.96. The van der Waals surface area contributed by atoms with Crippen LogP contribution in [0.25, 0.3) is 0 Å². The second-order valence-electron chi connectivity index (χ2n) is 3.66. The van der Waals surface area contributed by atoms with Crippen LogP contribution in [0.3, 0.4) is 0 Å². The van der Waals surface area contributed by atoms with Gasteiger partial charge in [-0.15, -0.1) is 11.6 Å². The van der Waals surface area contributed by atoms with Gasteiger partial charge in [0.2, 0.25) is 0 Å². The highest BCUT2D eigenvalue weighted by Gasteiger charge is 2.16. The summed E-state index contributed by atoms with van der Waals surface area (Å²) in [6, 6.07) is 4.63. The molecular weight excluding hydrogens is 308 g/mol. The number of alkyl halides is 1. The molecule has 0 aliphatic rings. The number of amides is 1. The van der Waals surface area contributed by atoms with Gasteiger partial charge in [0, 0.05) is 11.9 Å². The molecule has 1 aromatic carbocycles. The van der Waals surface area contributed by atoms with E-state index in [9.17, 15) is 9.18 Å². The summed E-state index contributed by atoms with van der Waals surface area (Å²) in [6.45, 7) is 1.95. The molecule has 0 fully saturated rings. The molecule has 0 spiro atoms. The zero-order valence-corrected chi connectivity index (χ0v) is 11.8. The molecule has 2 nitrogen and oxygen atoms in total. The van der Waals surface area contributed by atoms with E-state index in [4.69, 9.17) is 11.6 Å². The summed E-state index contributed by atoms with van der Waals surface area (Å²) < 4.78 is 13.9. The van der Waals surface area contributed by atoms with E-state index in [2.05, 4.69) is 21.2 Å². The van der Waals surface area contributed by atoms with E-state index in [0.29, 0.717) is 12.3 Å². The van der Waals surface area contributed by atoms with Crippen LogP contribution in [-0.4, -0.2) is 17.8 Å². The molecule has 0 aliphatic heterocycles. The Hall–Kier alpha value is -0.610. The number of hydrogen-bond acceptors (Lipinski definition) is 1. The van der Waals surface area contributed by atoms with Gasteiger partial charge in [0.1, 0.15) is 5.82 Å². The fourth-order valence-electron chi connectivity index (χ4n) is 1.45. The molecule has 0 saturated heterocycles. The average Bonchev–Trinajstić information content (AvgIpc) is 2.31. The molecule has 1 unspecified atom stereocenters. The highest BCUT2D eigenvalue weighted by Crippen LogP contribution is 2.18. The van der Waals surface area contributed by atoms with Crippen molar-refractivity contribution >= 4 is 33.4 Å². The number of rotatable bonds is 5. The topological polar surface area (TPSA) is 29.1 Å². The molecule has 1 rings (SSSR count). The number of hydrogen-bond donors (Lipinski definition) is 1. The van der Waals surface area contributed by atoms with Gasteiger partial charge in [0.15, 0.2) is 0 Å². The summed E-state index contributed by atoms with van der Waals surface area (Å²) in [4.78, 5) is 11.8. The number of nitrogens with one attached hydrogen (secondary N) is 1. The van der Waals surface area contributed by atoms with Crippen LogP contribution in [0.1, 0.15) is 30.1 Å². The zero-order chi connectivity index (χ0) is 12.8. The first kappa shape index (κ1) is 14.5. The summed E-state index contributed by atoms with van der Waals surface area (Å²) in [6.07, 6.45) is 1.45. The first-order chi connectivity index (χ1) is 8.10. The quantitative estimate of drug-likeness (QED) is 0.822. The third-order valence-corrected chi connectivity index (χ3v) is 3.31. The number of benzene rings is 1. The van der Waals surface area contributed by atoms with E-state index in [1.165, 1.54) is 6.07 Å². The molecule has 1 atom stereocenters. The minimum absolute atomic E-state index is 0.0154. The largest absolute Gasteiger partial charge is 0.349 e. The monoisotopic (exact) mass is 321 g/mol. The fourth-order valence-corrected chi connectivity index (χ4v) is 2.08. The molecule has 0 radical (unpaired) electrons. The van der Waals surface area contributed by atoms with E-state index in [1.54, 1.807) is 12.1 Å². The van der Waals surface area contributed by atoms with Crippen LogP contribution >= 0.6 is 27.5 Å². The molecule has 17 heavy (non-hydrogen) atoms. The summed E-state index contributed by atoms with van der Waals surface area (Å²) in [5, 5.41) is 2.77. The standard InChI is InChI=1S/C12H14BrClFNO/c1-2-8(6-7-14)16-12(17)9-4-3-5-10(13)11(9)15/h3-5,8H,2,6-7H2,1H3,(H,16,17). The van der Waals surface area contributed by atoms with Gasteiger partial charge in [-0.25, -0.2) is 4.39 Å². The van der Waals surface area contributed by atoms with Gasteiger partial charge in [-0.05, 0) is 40.9 Å². The second kappa shape index (κ2) is 6.97. The van der Waals surface area contributed by atoms with Gasteiger partial charge < -0.3 is 5.32 Å². The third-order valence-electron chi connectivity index (χ3n) is 2.48. The Morgan fingerprint density at radius 2 is 2.29 bits per heavy atom. The molecule has 94 valence electrons. The van der Waals surface area contributed by atoms with Crippen LogP contribution < -0.4 is 5.32 Å². The molecule has 0 aromatic heterocycles. The smallest absolute Gasteiger partial charge is 0.254 e. The molecular formula is C12H14BrClFNO. The Kier molecular flexibility index (Phi) is 5.92. The first-order valence-corrected chi connectivity index (χ1v) is 6.73. The van der Waals surface area contributed by atoms with Crippen molar-refractivity contribution in [2.75, 3.05) is 5.88 Å². The zero-order valence-electron chi connectivity index (χ0n) is 9.47. The Morgan fingerprint density at radius 3 is 2.88 bits per heavy atom. The molecule has 1 N–H and O–H groups in total. The van der Waals surface area contributed by atoms with Crippen LogP contribution in [0.15, 0.2) is 22.7 Å². The Morgan fingerprint density at radius 1 is 1.59 bits per heavy atom. The van der Waals surface area contributed by atoms with Gasteiger partial charge in [0.25, 0.3) is 5.91 Å². The fraction of sp³-hybridized carbons (Fsp3) is 0.417. The van der Waals surface area contributed by atoms with Crippen LogP contribution in [0.5, 0.6) is 0 Å². The van der Waals surface area contributed by atoms with Crippen LogP contribution in [0, 0.1) is 5.82 Å². The van der Waals surface area contributed by atoms with Crippen molar-refractivity contribution < 1.29 is 9.18 Å². The molecule has 5 heteroatoms. The Balaban J connectivity index is 2.79. The predicted octanol–water partition coefficient (Wildman–Crippen LogP) is 3.73. The molecule has 0 aliphatic carbocycles. The van der Waals surface area contributed by atoms with E-state index >= 15 is 0 Å². The molecule has 1 amide bonds. The average molecular weight is 323 g/mol. The summed E-state index contributed by atoms with van der Waals surface area (Å²) in [5.74, 6) is -0.466. The number of halogens is 3. The first-order valence-electron chi connectivity index (χ1n) is 5.41. The van der Waals surface area contributed by atoms with Crippen LogP contribution in [-0.2, 0) is 0 Å². The van der Waals surface area contributed by atoms with Crippen molar-refractivity contribution in [3.05, 3.63) is 34.1 Å². The van der Waals surface area contributed by atoms with Crippen molar-refractivity contribution in [1.82, 2.24) is 5.32 Å². The highest BCUT2D eigenvalue weighted by atomic mass is 79.9. The van der Waals surface area contributed by atoms with Crippen molar-refractivity contribution in [3.63, 3.8) is 0 Å². The maximum atomic E-state index is 13.7. The number of carbonyl (C=O) groups is 1. The lowest BCUT2D eigenvalue weighted by atomic mass is 10.1. The molecule has 0 bridgehead atoms. The van der Waals surface area contributed by atoms with E-state index in [0.717, 1.165) is 6.42 Å². The maximum Gasteiger partial charge on any atom is 0.254 e. The predicted molar refractivity (Wildman–Crippen MR) is 71.0 cm³/mol. The summed E-state index contributed by atoms with van der Waals surface area (Å²) in [7, 11) is 0. The maximum absolute atomic E-state index is 13.7. The molecule has 0 heterocycles. The van der Waals surface area contributed by atoms with Crippen molar-refractivity contribution in [2.24, 2.45) is 0 Å². The molecule has 0 saturated carbocycles. The van der Waals surface area contributed by atoms with Gasteiger partial charge in [-0.2, -0.15) is 0 Å². The van der Waals surface area contributed by atoms with E-state index < -0.39 is 11.7 Å². The van der Waals surface area contributed by atoms with Crippen molar-refractivity contribution in [1.29, 1.82) is 0 Å². The van der Waals surface area contributed by atoms with Gasteiger partial charge in [-0.3, -0.25) is 4.79 Å². The lowest BCUT2D eigenvalue weighted by molar-refractivity contribution is 0.0931. The summed E-state index contributed by atoms with van der Waals surface area (Å²) in [5.41, 5.74) is 0.0485. The molecule has 1 aromatic rings. The van der Waals surface area contributed by atoms with Crippen molar-refractivity contribution in [3.8, 4) is 0 Å². The van der Waals surface area contributed by atoms with E-state index in [-0.39, 0.29) is 16.1 Å². The van der Waals surface area contributed by atoms with Gasteiger partial charge in [0.05, 0.1) is 10.0 Å². The highest BCUT2D eigenvalue weighted by molar-refractivity contribution is 9.10. The van der Waals surface area contributed by atoms with Crippen LogP contribution in [0.4, 0.5) is 4.39 Å². The lowest BCUT2D eigenvalue weighted by Gasteiger charge is -2.16. The van der Waals surface area contributed by atoms with Gasteiger partial charge >= 0.3 is 0 Å². The number of carbonyl (C=O) groups excluding carboxylic acids is 1. The Bertz CT molecular complexity index is 400. The second-order valence-corrected chi connectivity index (χ2v) is 4.89. The van der Waals surface area contributed by atoms with Gasteiger partial charge in [-0.1, -0.05) is 13.0 Å². The minimum Gasteiger partial charge on any atom is -0.349 e. The van der Waals surface area contributed by atoms with Crippen molar-refractivity contribution in [2.45, 2.75) is 25.8 Å². The summed E-state index contributed by atoms with van der Waals surface area (Å²) >= 11 is 8.68. The van der Waals surface area contributed by atoms with E-state index in [1.807, 2.05) is 6.92 Å². The Labute approximate surface area is 114 Å². The normalized spacial score (nSPS) is 12.2. The minimum atomic E-state index is -0.536.